The maximum atomic E-state index is 6.24. The minimum Gasteiger partial charge on any atom is -0.483 e. The highest BCUT2D eigenvalue weighted by atomic mass is 35.5. The third-order valence-corrected chi connectivity index (χ3v) is 4.59. The van der Waals surface area contributed by atoms with Gasteiger partial charge in [0.1, 0.15) is 11.9 Å². The van der Waals surface area contributed by atoms with Gasteiger partial charge in [0, 0.05) is 20.8 Å². The lowest BCUT2D eigenvalue weighted by Gasteiger charge is -2.24. The Kier molecular flexibility index (Phi) is 5.08. The van der Waals surface area contributed by atoms with E-state index in [0.29, 0.717) is 0 Å². The van der Waals surface area contributed by atoms with E-state index in [2.05, 4.69) is 26.0 Å². The molecule has 1 heterocycles. The summed E-state index contributed by atoms with van der Waals surface area (Å²) in [5.74, 6) is 0.842. The molecular formula is C16H20ClNOS. The van der Waals surface area contributed by atoms with E-state index >= 15 is 0 Å². The summed E-state index contributed by atoms with van der Waals surface area (Å²) in [7, 11) is 0. The van der Waals surface area contributed by atoms with Gasteiger partial charge in [-0.05, 0) is 56.2 Å². The predicted molar refractivity (Wildman–Crippen MR) is 86.9 cm³/mol. The SMILES string of the molecule is CCC(N)C(Oc1ccc(Cl)cc1C)c1ccc(C)s1. The summed E-state index contributed by atoms with van der Waals surface area (Å²) in [4.78, 5) is 2.44. The lowest BCUT2D eigenvalue weighted by atomic mass is 10.1. The van der Waals surface area contributed by atoms with E-state index in [1.807, 2.05) is 25.1 Å². The van der Waals surface area contributed by atoms with E-state index in [-0.39, 0.29) is 12.1 Å². The molecule has 2 N–H and O–H groups in total. The summed E-state index contributed by atoms with van der Waals surface area (Å²) < 4.78 is 6.18. The van der Waals surface area contributed by atoms with Gasteiger partial charge in [0.25, 0.3) is 0 Å². The van der Waals surface area contributed by atoms with Crippen LogP contribution in [0.5, 0.6) is 5.75 Å². The first kappa shape index (κ1) is 15.4. The normalized spacial score (nSPS) is 14.1. The number of hydrogen-bond donors (Lipinski definition) is 1. The van der Waals surface area contributed by atoms with Crippen LogP contribution in [-0.2, 0) is 0 Å². The van der Waals surface area contributed by atoms with E-state index in [1.165, 1.54) is 9.75 Å². The molecule has 1 aromatic carbocycles. The zero-order valence-corrected chi connectivity index (χ0v) is 13.6. The average Bonchev–Trinajstić information content (AvgIpc) is 2.83. The zero-order chi connectivity index (χ0) is 14.7. The molecule has 0 saturated carbocycles. The fourth-order valence-corrected chi connectivity index (χ4v) is 3.27. The van der Waals surface area contributed by atoms with Crippen molar-refractivity contribution in [3.05, 3.63) is 50.7 Å². The molecule has 2 atom stereocenters. The second-order valence-electron chi connectivity index (χ2n) is 4.97. The monoisotopic (exact) mass is 309 g/mol. The van der Waals surface area contributed by atoms with E-state index in [9.17, 15) is 0 Å². The number of ether oxygens (including phenoxy) is 1. The number of benzene rings is 1. The summed E-state index contributed by atoms with van der Waals surface area (Å²) in [6.45, 7) is 6.17. The van der Waals surface area contributed by atoms with Gasteiger partial charge in [0.15, 0.2) is 0 Å². The minimum absolute atomic E-state index is 0.0249. The van der Waals surface area contributed by atoms with Crippen LogP contribution < -0.4 is 10.5 Å². The Bertz CT molecular complexity index is 582. The highest BCUT2D eigenvalue weighted by molar-refractivity contribution is 7.12. The van der Waals surface area contributed by atoms with Crippen LogP contribution in [0.15, 0.2) is 30.3 Å². The fraction of sp³-hybridized carbons (Fsp3) is 0.375. The second kappa shape index (κ2) is 6.61. The molecule has 0 spiro atoms. The molecule has 0 aliphatic rings. The van der Waals surface area contributed by atoms with Crippen LogP contribution in [-0.4, -0.2) is 6.04 Å². The largest absolute Gasteiger partial charge is 0.483 e. The van der Waals surface area contributed by atoms with Crippen molar-refractivity contribution in [1.29, 1.82) is 0 Å². The molecular weight excluding hydrogens is 290 g/mol. The van der Waals surface area contributed by atoms with Crippen molar-refractivity contribution in [3.63, 3.8) is 0 Å². The van der Waals surface area contributed by atoms with Gasteiger partial charge < -0.3 is 10.5 Å². The van der Waals surface area contributed by atoms with Crippen molar-refractivity contribution >= 4 is 22.9 Å². The molecule has 0 fully saturated rings. The number of aryl methyl sites for hydroxylation is 2. The molecule has 2 rings (SSSR count). The Balaban J connectivity index is 2.28. The Labute approximate surface area is 129 Å². The van der Waals surface area contributed by atoms with Gasteiger partial charge in [-0.1, -0.05) is 18.5 Å². The van der Waals surface area contributed by atoms with Gasteiger partial charge in [-0.25, -0.2) is 0 Å². The first-order valence-corrected chi connectivity index (χ1v) is 7.95. The third kappa shape index (κ3) is 3.54. The maximum Gasteiger partial charge on any atom is 0.148 e. The molecule has 0 amide bonds. The van der Waals surface area contributed by atoms with Crippen molar-refractivity contribution in [2.45, 2.75) is 39.3 Å². The molecule has 0 radical (unpaired) electrons. The number of halogens is 1. The highest BCUT2D eigenvalue weighted by Gasteiger charge is 2.22. The average molecular weight is 310 g/mol. The van der Waals surface area contributed by atoms with Crippen LogP contribution in [0.1, 0.15) is 34.8 Å². The maximum absolute atomic E-state index is 6.24. The molecule has 0 bridgehead atoms. The number of thiophene rings is 1. The number of nitrogens with two attached hydrogens (primary N) is 1. The van der Waals surface area contributed by atoms with Gasteiger partial charge in [0.05, 0.1) is 0 Å². The predicted octanol–water partition coefficient (Wildman–Crippen LogP) is 4.88. The van der Waals surface area contributed by atoms with Gasteiger partial charge in [-0.15, -0.1) is 11.3 Å². The fourth-order valence-electron chi connectivity index (χ4n) is 2.06. The van der Waals surface area contributed by atoms with Crippen molar-refractivity contribution in [1.82, 2.24) is 0 Å². The molecule has 20 heavy (non-hydrogen) atoms. The van der Waals surface area contributed by atoms with Crippen LogP contribution in [0, 0.1) is 13.8 Å². The van der Waals surface area contributed by atoms with Crippen LogP contribution in [0.3, 0.4) is 0 Å². The van der Waals surface area contributed by atoms with Crippen LogP contribution in [0.25, 0.3) is 0 Å². The quantitative estimate of drug-likeness (QED) is 0.854. The molecule has 1 aromatic heterocycles. The van der Waals surface area contributed by atoms with Crippen molar-refractivity contribution < 1.29 is 4.74 Å². The summed E-state index contributed by atoms with van der Waals surface area (Å²) in [5.41, 5.74) is 7.27. The number of rotatable bonds is 5. The Morgan fingerprint density at radius 1 is 1.25 bits per heavy atom. The van der Waals surface area contributed by atoms with Gasteiger partial charge >= 0.3 is 0 Å². The van der Waals surface area contributed by atoms with Crippen LogP contribution in [0.4, 0.5) is 0 Å². The minimum atomic E-state index is -0.112. The molecule has 2 unspecified atom stereocenters. The molecule has 0 aliphatic heterocycles. The first-order valence-electron chi connectivity index (χ1n) is 6.76. The van der Waals surface area contributed by atoms with E-state index in [4.69, 9.17) is 22.1 Å². The van der Waals surface area contributed by atoms with E-state index < -0.39 is 0 Å². The van der Waals surface area contributed by atoms with Gasteiger partial charge in [0.2, 0.25) is 0 Å². The topological polar surface area (TPSA) is 35.2 Å². The Hall–Kier alpha value is -1.03. The lowest BCUT2D eigenvalue weighted by Crippen LogP contribution is -2.31. The molecule has 2 aromatic rings. The number of hydrogen-bond acceptors (Lipinski definition) is 3. The summed E-state index contributed by atoms with van der Waals surface area (Å²) in [5, 5.41) is 0.721. The molecule has 2 nitrogen and oxygen atoms in total. The summed E-state index contributed by atoms with van der Waals surface area (Å²) in [6, 6.07) is 9.85. The van der Waals surface area contributed by atoms with Crippen LogP contribution in [0.2, 0.25) is 5.02 Å². The molecule has 108 valence electrons. The molecule has 0 saturated heterocycles. The van der Waals surface area contributed by atoms with E-state index in [0.717, 1.165) is 22.8 Å². The van der Waals surface area contributed by atoms with Gasteiger partial charge in [-0.2, -0.15) is 0 Å². The summed E-state index contributed by atoms with van der Waals surface area (Å²) >= 11 is 7.72. The van der Waals surface area contributed by atoms with Crippen molar-refractivity contribution in [3.8, 4) is 5.75 Å². The smallest absolute Gasteiger partial charge is 0.148 e. The second-order valence-corrected chi connectivity index (χ2v) is 6.72. The highest BCUT2D eigenvalue weighted by Crippen LogP contribution is 2.32. The lowest BCUT2D eigenvalue weighted by molar-refractivity contribution is 0.173. The van der Waals surface area contributed by atoms with Crippen molar-refractivity contribution in [2.75, 3.05) is 0 Å². The van der Waals surface area contributed by atoms with Gasteiger partial charge in [-0.3, -0.25) is 0 Å². The molecule has 0 aliphatic carbocycles. The summed E-state index contributed by atoms with van der Waals surface area (Å²) in [6.07, 6.45) is 0.757. The van der Waals surface area contributed by atoms with Crippen molar-refractivity contribution in [2.24, 2.45) is 5.73 Å². The molecule has 4 heteroatoms. The standard InChI is InChI=1S/C16H20ClNOS/c1-4-13(18)16(15-8-5-11(3)20-15)19-14-7-6-12(17)9-10(14)2/h5-9,13,16H,4,18H2,1-3H3. The van der Waals surface area contributed by atoms with Crippen LogP contribution >= 0.6 is 22.9 Å². The Morgan fingerprint density at radius 2 is 2.00 bits per heavy atom. The Morgan fingerprint density at radius 3 is 2.55 bits per heavy atom. The zero-order valence-electron chi connectivity index (χ0n) is 12.0. The first-order chi connectivity index (χ1) is 9.51. The third-order valence-electron chi connectivity index (χ3n) is 3.29. The van der Waals surface area contributed by atoms with E-state index in [1.54, 1.807) is 11.3 Å².